The average Bonchev–Trinajstić information content (AvgIpc) is 2.96. The molecular formula is C14H14N2O3. The molecule has 0 saturated heterocycles. The Morgan fingerprint density at radius 2 is 2.26 bits per heavy atom. The topological polar surface area (TPSA) is 79.2 Å². The summed E-state index contributed by atoms with van der Waals surface area (Å²) in [4.78, 5) is 10.7. The molecule has 5 nitrogen and oxygen atoms in total. The number of hydrogen-bond acceptors (Lipinski definition) is 3. The van der Waals surface area contributed by atoms with Crippen LogP contribution < -0.4 is 0 Å². The second-order valence-electron chi connectivity index (χ2n) is 4.62. The molecule has 0 fully saturated rings. The maximum atomic E-state index is 10.7. The maximum absolute atomic E-state index is 10.7. The second kappa shape index (κ2) is 5.02. The van der Waals surface area contributed by atoms with Crippen LogP contribution in [-0.2, 0) is 6.54 Å². The molecule has 1 N–H and O–H groups in total. The summed E-state index contributed by atoms with van der Waals surface area (Å²) in [6, 6.07) is 6.99. The van der Waals surface area contributed by atoms with Crippen molar-refractivity contribution in [1.82, 2.24) is 4.57 Å². The van der Waals surface area contributed by atoms with Crippen LogP contribution in [0.25, 0.3) is 0 Å². The van der Waals surface area contributed by atoms with E-state index in [1.54, 1.807) is 10.6 Å². The van der Waals surface area contributed by atoms with Crippen LogP contribution in [0.3, 0.4) is 0 Å². The highest BCUT2D eigenvalue weighted by atomic mass is 16.4. The lowest BCUT2D eigenvalue weighted by molar-refractivity contribution is 0.0660. The summed E-state index contributed by atoms with van der Waals surface area (Å²) < 4.78 is 6.95. The third kappa shape index (κ3) is 2.68. The lowest BCUT2D eigenvalue weighted by Crippen LogP contribution is -2.00. The largest absolute Gasteiger partial charge is 0.475 e. The number of rotatable bonds is 4. The van der Waals surface area contributed by atoms with Crippen LogP contribution in [0.2, 0.25) is 0 Å². The normalized spacial score (nSPS) is 10.6. The molecule has 98 valence electrons. The minimum atomic E-state index is -1.10. The van der Waals surface area contributed by atoms with Crippen molar-refractivity contribution < 1.29 is 14.3 Å². The summed E-state index contributed by atoms with van der Waals surface area (Å²) in [5.74, 6) is -0.341. The highest BCUT2D eigenvalue weighted by Gasteiger charge is 2.12. The van der Waals surface area contributed by atoms with Crippen LogP contribution >= 0.6 is 0 Å². The van der Waals surface area contributed by atoms with Gasteiger partial charge >= 0.3 is 5.97 Å². The van der Waals surface area contributed by atoms with Gasteiger partial charge in [0.25, 0.3) is 0 Å². The fourth-order valence-electron chi connectivity index (χ4n) is 1.82. The van der Waals surface area contributed by atoms with Crippen LogP contribution in [0.5, 0.6) is 0 Å². The Bertz CT molecular complexity index is 644. The molecule has 0 unspecified atom stereocenters. The van der Waals surface area contributed by atoms with Crippen molar-refractivity contribution in [3.63, 3.8) is 0 Å². The molecule has 0 aliphatic heterocycles. The molecule has 0 aliphatic rings. The number of carbonyl (C=O) groups is 1. The van der Waals surface area contributed by atoms with Gasteiger partial charge in [0.1, 0.15) is 17.5 Å². The van der Waals surface area contributed by atoms with Crippen LogP contribution in [-0.4, -0.2) is 15.6 Å². The van der Waals surface area contributed by atoms with E-state index in [9.17, 15) is 4.79 Å². The first-order valence-corrected chi connectivity index (χ1v) is 5.93. The predicted octanol–water partition coefficient (Wildman–Crippen LogP) is 2.82. The van der Waals surface area contributed by atoms with Crippen LogP contribution in [0, 0.1) is 11.3 Å². The number of hydrogen-bond donors (Lipinski definition) is 1. The molecule has 5 heteroatoms. The van der Waals surface area contributed by atoms with E-state index in [4.69, 9.17) is 14.8 Å². The molecule has 0 atom stereocenters. The number of carboxylic acids is 1. The molecule has 0 bridgehead atoms. The van der Waals surface area contributed by atoms with Crippen LogP contribution in [0.1, 0.15) is 47.3 Å². The number of nitriles is 1. The van der Waals surface area contributed by atoms with Gasteiger partial charge in [-0.2, -0.15) is 5.26 Å². The molecule has 2 heterocycles. The van der Waals surface area contributed by atoms with Gasteiger partial charge < -0.3 is 14.1 Å². The van der Waals surface area contributed by atoms with Gasteiger partial charge in [0, 0.05) is 6.20 Å². The minimum Gasteiger partial charge on any atom is -0.475 e. The lowest BCUT2D eigenvalue weighted by Gasteiger charge is -2.02. The summed E-state index contributed by atoms with van der Waals surface area (Å²) >= 11 is 0. The molecule has 2 rings (SSSR count). The Morgan fingerprint density at radius 3 is 2.79 bits per heavy atom. The number of carboxylic acid groups (broad SMARTS) is 1. The lowest BCUT2D eigenvalue weighted by atomic mass is 10.1. The highest BCUT2D eigenvalue weighted by Crippen LogP contribution is 2.19. The first kappa shape index (κ1) is 13.0. The van der Waals surface area contributed by atoms with Crippen molar-refractivity contribution in [1.29, 1.82) is 5.26 Å². The Balaban J connectivity index is 2.27. The molecule has 0 saturated carbocycles. The number of aromatic nitrogens is 1. The first-order valence-electron chi connectivity index (χ1n) is 5.93. The zero-order valence-corrected chi connectivity index (χ0v) is 10.8. The van der Waals surface area contributed by atoms with Gasteiger partial charge in [0.2, 0.25) is 5.76 Å². The van der Waals surface area contributed by atoms with Crippen LogP contribution in [0.4, 0.5) is 0 Å². The van der Waals surface area contributed by atoms with Crippen molar-refractivity contribution in [2.45, 2.75) is 26.3 Å². The monoisotopic (exact) mass is 258 g/mol. The molecule has 0 aromatic carbocycles. The smallest absolute Gasteiger partial charge is 0.371 e. The third-order valence-electron chi connectivity index (χ3n) is 2.90. The molecule has 0 spiro atoms. The second-order valence-corrected chi connectivity index (χ2v) is 4.62. The van der Waals surface area contributed by atoms with Gasteiger partial charge in [-0.3, -0.25) is 0 Å². The third-order valence-corrected chi connectivity index (χ3v) is 2.90. The number of aromatic carboxylic acids is 1. The molecule has 0 radical (unpaired) electrons. The molecule has 2 aromatic heterocycles. The Labute approximate surface area is 110 Å². The fourth-order valence-corrected chi connectivity index (χ4v) is 1.82. The first-order chi connectivity index (χ1) is 9.01. The van der Waals surface area contributed by atoms with Crippen molar-refractivity contribution in [3.8, 4) is 6.07 Å². The Hall–Kier alpha value is -2.48. The number of furan rings is 1. The summed E-state index contributed by atoms with van der Waals surface area (Å²) in [6.07, 6.45) is 1.90. The summed E-state index contributed by atoms with van der Waals surface area (Å²) in [5.41, 5.74) is 1.61. The van der Waals surface area contributed by atoms with Gasteiger partial charge in [-0.1, -0.05) is 13.8 Å². The van der Waals surface area contributed by atoms with Gasteiger partial charge in [-0.25, -0.2) is 4.79 Å². The molecule has 0 aliphatic carbocycles. The van der Waals surface area contributed by atoms with E-state index in [0.29, 0.717) is 23.9 Å². The summed E-state index contributed by atoms with van der Waals surface area (Å²) in [7, 11) is 0. The van der Waals surface area contributed by atoms with E-state index in [2.05, 4.69) is 19.9 Å². The molecular weight excluding hydrogens is 244 g/mol. The van der Waals surface area contributed by atoms with E-state index in [1.807, 2.05) is 12.3 Å². The fraction of sp³-hybridized carbons (Fsp3) is 0.286. The predicted molar refractivity (Wildman–Crippen MR) is 68.0 cm³/mol. The van der Waals surface area contributed by atoms with Gasteiger partial charge in [0.15, 0.2) is 0 Å². The van der Waals surface area contributed by atoms with Crippen molar-refractivity contribution in [3.05, 3.63) is 47.2 Å². The van der Waals surface area contributed by atoms with Crippen molar-refractivity contribution >= 4 is 5.97 Å². The van der Waals surface area contributed by atoms with Gasteiger partial charge in [0.05, 0.1) is 6.54 Å². The van der Waals surface area contributed by atoms with E-state index >= 15 is 0 Å². The van der Waals surface area contributed by atoms with E-state index in [0.717, 1.165) is 5.56 Å². The highest BCUT2D eigenvalue weighted by molar-refractivity contribution is 5.84. The summed E-state index contributed by atoms with van der Waals surface area (Å²) in [6.45, 7) is 4.45. The van der Waals surface area contributed by atoms with Crippen molar-refractivity contribution in [2.75, 3.05) is 0 Å². The SMILES string of the molecule is CC(C)c1cc(C#N)n(Cc2ccc(C(=O)O)o2)c1. The standard InChI is InChI=1S/C14H14N2O3/c1-9(2)10-5-11(6-15)16(7-10)8-12-3-4-13(19-12)14(17)18/h3-5,7,9H,8H2,1-2H3,(H,17,18). The quantitative estimate of drug-likeness (QED) is 0.914. The Morgan fingerprint density at radius 1 is 1.53 bits per heavy atom. The van der Waals surface area contributed by atoms with Crippen molar-refractivity contribution in [2.24, 2.45) is 0 Å². The maximum Gasteiger partial charge on any atom is 0.371 e. The van der Waals surface area contributed by atoms with E-state index in [-0.39, 0.29) is 5.76 Å². The molecule has 19 heavy (non-hydrogen) atoms. The zero-order chi connectivity index (χ0) is 14.0. The number of nitrogens with zero attached hydrogens (tertiary/aromatic N) is 2. The molecule has 0 amide bonds. The van der Waals surface area contributed by atoms with E-state index in [1.165, 1.54) is 6.07 Å². The summed E-state index contributed by atoms with van der Waals surface area (Å²) in [5, 5.41) is 17.9. The zero-order valence-electron chi connectivity index (χ0n) is 10.8. The van der Waals surface area contributed by atoms with E-state index < -0.39 is 5.97 Å². The Kier molecular flexibility index (Phi) is 3.43. The molecule has 2 aromatic rings. The van der Waals surface area contributed by atoms with Gasteiger partial charge in [-0.05, 0) is 29.7 Å². The minimum absolute atomic E-state index is 0.0928. The van der Waals surface area contributed by atoms with Crippen LogP contribution in [0.15, 0.2) is 28.8 Å². The average molecular weight is 258 g/mol. The van der Waals surface area contributed by atoms with Gasteiger partial charge in [-0.15, -0.1) is 0 Å².